The van der Waals surface area contributed by atoms with Crippen LogP contribution in [0.1, 0.15) is 29.3 Å². The molecule has 0 atom stereocenters. The number of H-pyrrole nitrogens is 2. The molecule has 0 radical (unpaired) electrons. The largest absolute Gasteiger partial charge is 0.335 e. The maximum Gasteiger partial charge on any atom is 0.178 e. The van der Waals surface area contributed by atoms with Gasteiger partial charge in [0.05, 0.1) is 11.0 Å². The van der Waals surface area contributed by atoms with Crippen LogP contribution in [-0.2, 0) is 6.42 Å². The van der Waals surface area contributed by atoms with E-state index in [2.05, 4.69) is 113 Å². The molecule has 4 aromatic heterocycles. The standard InChI is InChI=1S/C33H29N5S/c1-4-22(12-13-23-9-7-6-8-10-23)19-24(5-2)25-14-15-28-27(20-25)31(38-37-28)33-35-30-26(17-18-34-32(30)36-33)29-16-11-21(3)39-29/h4-11,14-20H,1,12-13H2,2-3H3,(H,37,38)(H,34,35,36)/b22-19+,24-5+. The number of allylic oxidation sites excluding steroid dienone is 5. The Hall–Kier alpha value is -4.55. The van der Waals surface area contributed by atoms with E-state index in [0.717, 1.165) is 51.7 Å². The van der Waals surface area contributed by atoms with Crippen molar-refractivity contribution < 1.29 is 0 Å². The van der Waals surface area contributed by atoms with Crippen LogP contribution >= 0.6 is 11.3 Å². The summed E-state index contributed by atoms with van der Waals surface area (Å²) in [5, 5.41) is 8.83. The number of hydrogen-bond donors (Lipinski definition) is 2. The molecule has 4 heterocycles. The number of aromatic amines is 2. The molecule has 0 aliphatic heterocycles. The molecule has 5 nitrogen and oxygen atoms in total. The molecular weight excluding hydrogens is 498 g/mol. The van der Waals surface area contributed by atoms with Gasteiger partial charge in [0, 0.05) is 26.9 Å². The Kier molecular flexibility index (Phi) is 6.78. The average Bonchev–Trinajstić information content (AvgIpc) is 3.71. The van der Waals surface area contributed by atoms with Gasteiger partial charge in [0.15, 0.2) is 11.5 Å². The third kappa shape index (κ3) is 4.99. The van der Waals surface area contributed by atoms with Crippen molar-refractivity contribution in [2.45, 2.75) is 26.7 Å². The second-order valence-electron chi connectivity index (χ2n) is 9.54. The van der Waals surface area contributed by atoms with Gasteiger partial charge in [0.2, 0.25) is 0 Å². The van der Waals surface area contributed by atoms with Crippen LogP contribution in [0.5, 0.6) is 0 Å². The van der Waals surface area contributed by atoms with Crippen LogP contribution < -0.4 is 0 Å². The van der Waals surface area contributed by atoms with Crippen LogP contribution in [0.3, 0.4) is 0 Å². The summed E-state index contributed by atoms with van der Waals surface area (Å²) in [6.07, 6.45) is 10.1. The molecule has 2 N–H and O–H groups in total. The summed E-state index contributed by atoms with van der Waals surface area (Å²) in [5.41, 5.74) is 9.26. The first-order chi connectivity index (χ1) is 19.1. The van der Waals surface area contributed by atoms with Crippen LogP contribution in [-0.4, -0.2) is 25.1 Å². The molecule has 0 amide bonds. The minimum absolute atomic E-state index is 0.687. The molecule has 0 unspecified atom stereocenters. The monoisotopic (exact) mass is 527 g/mol. The highest BCUT2D eigenvalue weighted by molar-refractivity contribution is 7.15. The second-order valence-corrected chi connectivity index (χ2v) is 10.8. The Morgan fingerprint density at radius 3 is 2.69 bits per heavy atom. The third-order valence-corrected chi connectivity index (χ3v) is 8.01. The first-order valence-corrected chi connectivity index (χ1v) is 13.9. The molecule has 0 saturated heterocycles. The van der Waals surface area contributed by atoms with Crippen molar-refractivity contribution in [3.05, 3.63) is 119 Å². The van der Waals surface area contributed by atoms with E-state index in [1.807, 2.05) is 18.3 Å². The van der Waals surface area contributed by atoms with Crippen LogP contribution in [0, 0.1) is 6.92 Å². The molecule has 0 fully saturated rings. The van der Waals surface area contributed by atoms with Crippen molar-refractivity contribution in [3.63, 3.8) is 0 Å². The molecule has 39 heavy (non-hydrogen) atoms. The number of imidazole rings is 1. The number of pyridine rings is 1. The van der Waals surface area contributed by atoms with Crippen molar-refractivity contribution in [1.29, 1.82) is 0 Å². The minimum atomic E-state index is 0.687. The van der Waals surface area contributed by atoms with E-state index in [1.165, 1.54) is 20.9 Å². The number of nitrogens with one attached hydrogen (secondary N) is 2. The van der Waals surface area contributed by atoms with E-state index in [1.54, 1.807) is 11.3 Å². The number of hydrogen-bond acceptors (Lipinski definition) is 4. The number of thiophene rings is 1. The topological polar surface area (TPSA) is 70.2 Å². The molecule has 6 heteroatoms. The summed E-state index contributed by atoms with van der Waals surface area (Å²) in [4.78, 5) is 15.3. The fraction of sp³-hybridized carbons (Fsp3) is 0.121. The van der Waals surface area contributed by atoms with Gasteiger partial charge in [-0.3, -0.25) is 5.10 Å². The Bertz CT molecular complexity index is 1850. The van der Waals surface area contributed by atoms with E-state index in [0.29, 0.717) is 11.5 Å². The lowest BCUT2D eigenvalue weighted by molar-refractivity contribution is 0.966. The van der Waals surface area contributed by atoms with Crippen LogP contribution in [0.25, 0.3) is 49.6 Å². The zero-order valence-electron chi connectivity index (χ0n) is 22.0. The first-order valence-electron chi connectivity index (χ1n) is 13.1. The Morgan fingerprint density at radius 2 is 1.92 bits per heavy atom. The predicted molar refractivity (Wildman–Crippen MR) is 164 cm³/mol. The van der Waals surface area contributed by atoms with Gasteiger partial charge in [-0.15, -0.1) is 11.3 Å². The highest BCUT2D eigenvalue weighted by atomic mass is 32.1. The summed E-state index contributed by atoms with van der Waals surface area (Å²) in [6, 6.07) is 23.3. The van der Waals surface area contributed by atoms with Gasteiger partial charge in [0.1, 0.15) is 5.69 Å². The molecule has 6 aromatic rings. The maximum atomic E-state index is 4.82. The predicted octanol–water partition coefficient (Wildman–Crippen LogP) is 8.69. The molecule has 0 saturated carbocycles. The Morgan fingerprint density at radius 1 is 1.05 bits per heavy atom. The van der Waals surface area contributed by atoms with Gasteiger partial charge < -0.3 is 4.98 Å². The fourth-order valence-electron chi connectivity index (χ4n) is 4.88. The van der Waals surface area contributed by atoms with Crippen LogP contribution in [0.15, 0.2) is 103 Å². The van der Waals surface area contributed by atoms with Crippen LogP contribution in [0.4, 0.5) is 0 Å². The molecule has 0 aliphatic carbocycles. The average molecular weight is 528 g/mol. The van der Waals surface area contributed by atoms with Crippen molar-refractivity contribution >= 4 is 39.0 Å². The van der Waals surface area contributed by atoms with Crippen molar-refractivity contribution in [3.8, 4) is 22.0 Å². The molecule has 0 aliphatic rings. The molecule has 192 valence electrons. The molecule has 0 spiro atoms. The number of fused-ring (bicyclic) bond motifs is 2. The molecule has 0 bridgehead atoms. The normalized spacial score (nSPS) is 12.5. The van der Waals surface area contributed by atoms with E-state index in [4.69, 9.17) is 4.98 Å². The van der Waals surface area contributed by atoms with E-state index in [-0.39, 0.29) is 0 Å². The minimum Gasteiger partial charge on any atom is -0.335 e. The zero-order chi connectivity index (χ0) is 26.8. The third-order valence-electron chi connectivity index (χ3n) is 6.98. The molecule has 6 rings (SSSR count). The van der Waals surface area contributed by atoms with Crippen molar-refractivity contribution in [2.75, 3.05) is 0 Å². The van der Waals surface area contributed by atoms with Gasteiger partial charge in [-0.2, -0.15) is 5.10 Å². The fourth-order valence-corrected chi connectivity index (χ4v) is 5.78. The van der Waals surface area contributed by atoms with Crippen molar-refractivity contribution in [2.24, 2.45) is 0 Å². The van der Waals surface area contributed by atoms with Gasteiger partial charge in [0.25, 0.3) is 0 Å². The number of benzene rings is 2. The van der Waals surface area contributed by atoms with Gasteiger partial charge in [-0.25, -0.2) is 9.97 Å². The smallest absolute Gasteiger partial charge is 0.178 e. The van der Waals surface area contributed by atoms with E-state index >= 15 is 0 Å². The zero-order valence-corrected chi connectivity index (χ0v) is 22.8. The molecule has 2 aromatic carbocycles. The van der Waals surface area contributed by atoms with Gasteiger partial charge >= 0.3 is 0 Å². The lowest BCUT2D eigenvalue weighted by Gasteiger charge is -2.07. The number of nitrogens with zero attached hydrogens (tertiary/aromatic N) is 3. The lowest BCUT2D eigenvalue weighted by atomic mass is 9.97. The summed E-state index contributed by atoms with van der Waals surface area (Å²) < 4.78 is 0. The first kappa shape index (κ1) is 24.8. The second kappa shape index (κ2) is 10.7. The summed E-state index contributed by atoms with van der Waals surface area (Å²) >= 11 is 1.77. The van der Waals surface area contributed by atoms with Gasteiger partial charge in [-0.05, 0) is 79.3 Å². The number of rotatable bonds is 8. The van der Waals surface area contributed by atoms with Gasteiger partial charge in [-0.1, -0.05) is 61.2 Å². The van der Waals surface area contributed by atoms with E-state index < -0.39 is 0 Å². The van der Waals surface area contributed by atoms with Crippen LogP contribution in [0.2, 0.25) is 0 Å². The summed E-state index contributed by atoms with van der Waals surface area (Å²) in [7, 11) is 0. The summed E-state index contributed by atoms with van der Waals surface area (Å²) in [6.45, 7) is 8.26. The SMILES string of the molecule is C=C/C(=C\C(=C/C)c1ccc2[nH]nc(-c3nc4nccc(-c5ccc(C)s5)c4[nH]3)c2c1)CCc1ccccc1. The number of aryl methyl sites for hydroxylation is 2. The highest BCUT2D eigenvalue weighted by Crippen LogP contribution is 2.34. The molecular formula is C33H29N5S. The lowest BCUT2D eigenvalue weighted by Crippen LogP contribution is -1.89. The maximum absolute atomic E-state index is 4.82. The number of aromatic nitrogens is 5. The summed E-state index contributed by atoms with van der Waals surface area (Å²) in [5.74, 6) is 0.703. The van der Waals surface area contributed by atoms with E-state index in [9.17, 15) is 0 Å². The quantitative estimate of drug-likeness (QED) is 0.195. The Labute approximate surface area is 231 Å². The Balaban J connectivity index is 1.35. The highest BCUT2D eigenvalue weighted by Gasteiger charge is 2.17. The van der Waals surface area contributed by atoms with Crippen molar-refractivity contribution in [1.82, 2.24) is 25.1 Å².